The van der Waals surface area contributed by atoms with Crippen LogP contribution in [0.25, 0.3) is 32.8 Å². The van der Waals surface area contributed by atoms with E-state index >= 15 is 0 Å². The standard InChI is InChI=1S/C21H20FN5O/c1-26-12-16-9-14(10-19(22)20(16)25-26)13-2-3-18-15(8-13)11-24-27(21(18)28)17-4-6-23-7-5-17/h2-3,8-12,17,23H,4-7H2,1H3. The molecule has 1 aliphatic heterocycles. The number of hydrogen-bond acceptors (Lipinski definition) is 4. The van der Waals surface area contributed by atoms with Crippen LogP contribution < -0.4 is 10.9 Å². The highest BCUT2D eigenvalue weighted by molar-refractivity contribution is 5.89. The summed E-state index contributed by atoms with van der Waals surface area (Å²) in [5, 5.41) is 14.0. The topological polar surface area (TPSA) is 64.7 Å². The van der Waals surface area contributed by atoms with Crippen LogP contribution in [0, 0.1) is 5.82 Å². The highest BCUT2D eigenvalue weighted by Gasteiger charge is 2.18. The van der Waals surface area contributed by atoms with Gasteiger partial charge in [0.15, 0.2) is 5.82 Å². The van der Waals surface area contributed by atoms with Gasteiger partial charge in [0.1, 0.15) is 5.52 Å². The molecule has 0 radical (unpaired) electrons. The van der Waals surface area contributed by atoms with Crippen LogP contribution in [0.4, 0.5) is 4.39 Å². The fourth-order valence-electron chi connectivity index (χ4n) is 4.03. The van der Waals surface area contributed by atoms with Crippen LogP contribution in [0.15, 0.2) is 47.5 Å². The van der Waals surface area contributed by atoms with Gasteiger partial charge in [0.05, 0.1) is 17.6 Å². The highest BCUT2D eigenvalue weighted by atomic mass is 19.1. The Balaban J connectivity index is 1.59. The van der Waals surface area contributed by atoms with Crippen LogP contribution in [0.5, 0.6) is 0 Å². The molecule has 1 saturated heterocycles. The number of aromatic nitrogens is 4. The molecular formula is C21H20FN5O. The zero-order chi connectivity index (χ0) is 19.3. The Kier molecular flexibility index (Phi) is 3.98. The molecule has 3 heterocycles. The Morgan fingerprint density at radius 1 is 1.11 bits per heavy atom. The molecule has 0 amide bonds. The molecule has 142 valence electrons. The fraction of sp³-hybridized carbons (Fsp3) is 0.286. The molecule has 0 aliphatic carbocycles. The lowest BCUT2D eigenvalue weighted by Crippen LogP contribution is -2.35. The maximum absolute atomic E-state index is 14.4. The third-order valence-electron chi connectivity index (χ3n) is 5.48. The SMILES string of the molecule is Cn1cc2cc(-c3ccc4c(=O)n(C5CCNCC5)ncc4c3)cc(F)c2n1. The molecule has 6 nitrogen and oxygen atoms in total. The molecule has 0 unspecified atom stereocenters. The molecule has 1 N–H and O–H groups in total. The molecular weight excluding hydrogens is 357 g/mol. The van der Waals surface area contributed by atoms with Crippen LogP contribution in [0.2, 0.25) is 0 Å². The Morgan fingerprint density at radius 2 is 1.89 bits per heavy atom. The summed E-state index contributed by atoms with van der Waals surface area (Å²) in [5.41, 5.74) is 1.89. The van der Waals surface area contributed by atoms with Crippen molar-refractivity contribution in [2.24, 2.45) is 7.05 Å². The lowest BCUT2D eigenvalue weighted by Gasteiger charge is -2.23. The van der Waals surface area contributed by atoms with Crippen molar-refractivity contribution < 1.29 is 4.39 Å². The van der Waals surface area contributed by atoms with Crippen molar-refractivity contribution >= 4 is 21.7 Å². The second-order valence-electron chi connectivity index (χ2n) is 7.38. The maximum atomic E-state index is 14.4. The Bertz CT molecular complexity index is 1250. The number of hydrogen-bond donors (Lipinski definition) is 1. The third-order valence-corrected chi connectivity index (χ3v) is 5.48. The molecule has 0 atom stereocenters. The van der Waals surface area contributed by atoms with Crippen molar-refractivity contribution in [1.29, 1.82) is 0 Å². The predicted molar refractivity (Wildman–Crippen MR) is 107 cm³/mol. The zero-order valence-corrected chi connectivity index (χ0v) is 15.5. The van der Waals surface area contributed by atoms with Crippen LogP contribution in [0.1, 0.15) is 18.9 Å². The number of fused-ring (bicyclic) bond motifs is 2. The smallest absolute Gasteiger partial charge is 0.274 e. The van der Waals surface area contributed by atoms with Gasteiger partial charge in [0, 0.05) is 24.0 Å². The minimum absolute atomic E-state index is 0.0650. The normalized spacial score (nSPS) is 15.5. The van der Waals surface area contributed by atoms with Gasteiger partial charge >= 0.3 is 0 Å². The van der Waals surface area contributed by atoms with Gasteiger partial charge in [-0.1, -0.05) is 6.07 Å². The monoisotopic (exact) mass is 377 g/mol. The average molecular weight is 377 g/mol. The van der Waals surface area contributed by atoms with Gasteiger partial charge in [-0.3, -0.25) is 9.48 Å². The summed E-state index contributed by atoms with van der Waals surface area (Å²) < 4.78 is 17.7. The maximum Gasteiger partial charge on any atom is 0.274 e. The fourth-order valence-corrected chi connectivity index (χ4v) is 4.03. The first-order chi connectivity index (χ1) is 13.6. The summed E-state index contributed by atoms with van der Waals surface area (Å²) in [6.45, 7) is 1.80. The van der Waals surface area contributed by atoms with Crippen molar-refractivity contribution in [3.8, 4) is 11.1 Å². The minimum atomic E-state index is -0.354. The summed E-state index contributed by atoms with van der Waals surface area (Å²) in [6.07, 6.45) is 5.34. The Labute approximate surface area is 160 Å². The van der Waals surface area contributed by atoms with E-state index in [2.05, 4.69) is 15.5 Å². The lowest BCUT2D eigenvalue weighted by atomic mass is 10.0. The number of benzene rings is 2. The molecule has 1 fully saturated rings. The molecule has 7 heteroatoms. The molecule has 1 aliphatic rings. The van der Waals surface area contributed by atoms with E-state index in [4.69, 9.17) is 0 Å². The molecule has 0 spiro atoms. The average Bonchev–Trinajstić information content (AvgIpc) is 3.09. The zero-order valence-electron chi connectivity index (χ0n) is 15.5. The van der Waals surface area contributed by atoms with Crippen molar-refractivity contribution in [2.75, 3.05) is 13.1 Å². The molecule has 2 aromatic carbocycles. The number of piperidine rings is 1. The highest BCUT2D eigenvalue weighted by Crippen LogP contribution is 2.28. The third kappa shape index (κ3) is 2.79. The van der Waals surface area contributed by atoms with Gasteiger partial charge in [-0.25, -0.2) is 9.07 Å². The molecule has 2 aromatic heterocycles. The predicted octanol–water partition coefficient (Wildman–Crippen LogP) is 3.01. The second kappa shape index (κ2) is 6.53. The van der Waals surface area contributed by atoms with E-state index in [9.17, 15) is 9.18 Å². The van der Waals surface area contributed by atoms with Gasteiger partial charge in [-0.05, 0) is 61.3 Å². The van der Waals surface area contributed by atoms with Crippen LogP contribution in [-0.4, -0.2) is 32.7 Å². The van der Waals surface area contributed by atoms with Gasteiger partial charge in [-0.15, -0.1) is 0 Å². The van der Waals surface area contributed by atoms with Gasteiger partial charge in [0.2, 0.25) is 0 Å². The second-order valence-corrected chi connectivity index (χ2v) is 7.38. The van der Waals surface area contributed by atoms with E-state index in [0.717, 1.165) is 47.8 Å². The van der Waals surface area contributed by atoms with E-state index < -0.39 is 0 Å². The van der Waals surface area contributed by atoms with Crippen molar-refractivity contribution in [3.63, 3.8) is 0 Å². The summed E-state index contributed by atoms with van der Waals surface area (Å²) in [5.74, 6) is -0.354. The van der Waals surface area contributed by atoms with E-state index in [-0.39, 0.29) is 17.4 Å². The number of rotatable bonds is 2. The largest absolute Gasteiger partial charge is 0.317 e. The first-order valence-corrected chi connectivity index (χ1v) is 9.46. The molecule has 5 rings (SSSR count). The van der Waals surface area contributed by atoms with Gasteiger partial charge in [-0.2, -0.15) is 10.2 Å². The molecule has 4 aromatic rings. The van der Waals surface area contributed by atoms with E-state index in [1.807, 2.05) is 24.3 Å². The quantitative estimate of drug-likeness (QED) is 0.583. The Hall–Kier alpha value is -3.06. The van der Waals surface area contributed by atoms with Crippen LogP contribution in [0.3, 0.4) is 0 Å². The molecule has 0 bridgehead atoms. The van der Waals surface area contributed by atoms with Crippen molar-refractivity contribution in [3.05, 3.63) is 58.9 Å². The van der Waals surface area contributed by atoms with E-state index in [0.29, 0.717) is 10.9 Å². The Morgan fingerprint density at radius 3 is 2.71 bits per heavy atom. The van der Waals surface area contributed by atoms with Gasteiger partial charge < -0.3 is 5.32 Å². The van der Waals surface area contributed by atoms with Gasteiger partial charge in [0.25, 0.3) is 5.56 Å². The summed E-state index contributed by atoms with van der Waals surface area (Å²) in [7, 11) is 1.77. The lowest BCUT2D eigenvalue weighted by molar-refractivity contribution is 0.333. The summed E-state index contributed by atoms with van der Waals surface area (Å²) in [4.78, 5) is 12.9. The number of halogens is 1. The van der Waals surface area contributed by atoms with Crippen LogP contribution >= 0.6 is 0 Å². The van der Waals surface area contributed by atoms with Crippen molar-refractivity contribution in [1.82, 2.24) is 24.9 Å². The minimum Gasteiger partial charge on any atom is -0.317 e. The van der Waals surface area contributed by atoms with Crippen LogP contribution in [-0.2, 0) is 7.05 Å². The number of nitrogens with one attached hydrogen (secondary N) is 1. The first-order valence-electron chi connectivity index (χ1n) is 9.46. The number of nitrogens with zero attached hydrogens (tertiary/aromatic N) is 4. The number of aryl methyl sites for hydroxylation is 1. The molecule has 0 saturated carbocycles. The summed E-state index contributed by atoms with van der Waals surface area (Å²) >= 11 is 0. The van der Waals surface area contributed by atoms with E-state index in [1.165, 1.54) is 6.07 Å². The molecule has 28 heavy (non-hydrogen) atoms. The first kappa shape index (κ1) is 17.1. The van der Waals surface area contributed by atoms with E-state index in [1.54, 1.807) is 28.8 Å². The van der Waals surface area contributed by atoms with Crippen molar-refractivity contribution in [2.45, 2.75) is 18.9 Å². The summed E-state index contributed by atoms with van der Waals surface area (Å²) in [6, 6.07) is 9.12.